The highest BCUT2D eigenvalue weighted by Crippen LogP contribution is 2.30. The average Bonchev–Trinajstić information content (AvgIpc) is 2.80. The fourth-order valence-corrected chi connectivity index (χ4v) is 5.88. The first-order valence-electron chi connectivity index (χ1n) is 10.4. The van der Waals surface area contributed by atoms with Gasteiger partial charge < -0.3 is 0 Å². The Hall–Kier alpha value is -2.42. The number of benzene rings is 4. The molecule has 0 nitrogen and oxygen atoms in total. The number of rotatable bonds is 0. The largest absolute Gasteiger partial charge is 0.152 e. The van der Waals surface area contributed by atoms with E-state index in [0.717, 1.165) is 23.0 Å². The molecule has 2 heteroatoms. The molecule has 6 bridgehead atoms. The molecule has 0 aromatic heterocycles. The smallest absolute Gasteiger partial charge is 0.0194 e. The van der Waals surface area contributed by atoms with Crippen LogP contribution in [0.25, 0.3) is 22.9 Å². The molecule has 0 atom stereocenters. The zero-order valence-electron chi connectivity index (χ0n) is 16.9. The normalized spacial score (nSPS) is 14.4. The first kappa shape index (κ1) is 19.5. The second-order valence-corrected chi connectivity index (χ2v) is 9.70. The van der Waals surface area contributed by atoms with E-state index in [1.165, 1.54) is 44.2 Å². The van der Waals surface area contributed by atoms with Gasteiger partial charge in [0.05, 0.1) is 0 Å². The minimum atomic E-state index is 1.04. The second-order valence-electron chi connectivity index (χ2n) is 7.73. The van der Waals surface area contributed by atoms with Crippen molar-refractivity contribution in [1.29, 1.82) is 0 Å². The van der Waals surface area contributed by atoms with Gasteiger partial charge >= 0.3 is 0 Å². The van der Waals surface area contributed by atoms with Crippen molar-refractivity contribution in [2.45, 2.75) is 23.0 Å². The summed E-state index contributed by atoms with van der Waals surface area (Å²) >= 11 is 3.99. The van der Waals surface area contributed by atoms with Gasteiger partial charge in [0.15, 0.2) is 0 Å². The molecule has 0 radical (unpaired) electrons. The Bertz CT molecular complexity index is 1080. The van der Waals surface area contributed by atoms with Gasteiger partial charge in [-0.05, 0) is 44.2 Å². The first-order valence-corrected chi connectivity index (χ1v) is 12.7. The van der Waals surface area contributed by atoms with E-state index in [9.17, 15) is 0 Å². The highest BCUT2D eigenvalue weighted by atomic mass is 32.2. The molecule has 0 spiro atoms. The number of hydrogen-bond donors (Lipinski definition) is 0. The van der Waals surface area contributed by atoms with Gasteiger partial charge in [-0.1, -0.05) is 97.1 Å². The van der Waals surface area contributed by atoms with Crippen LogP contribution in [0, 0.1) is 0 Å². The molecule has 0 amide bonds. The van der Waals surface area contributed by atoms with E-state index in [1.807, 2.05) is 23.5 Å². The quantitative estimate of drug-likeness (QED) is 0.279. The minimum Gasteiger partial charge on any atom is -0.152 e. The Morgan fingerprint density at radius 1 is 0.433 bits per heavy atom. The van der Waals surface area contributed by atoms with E-state index in [-0.39, 0.29) is 0 Å². The van der Waals surface area contributed by atoms with E-state index >= 15 is 0 Å². The van der Waals surface area contributed by atoms with Crippen molar-refractivity contribution in [2.24, 2.45) is 0 Å². The summed E-state index contributed by atoms with van der Waals surface area (Å²) in [6, 6.07) is 31.5. The Morgan fingerprint density at radius 3 is 1.30 bits per heavy atom. The molecule has 30 heavy (non-hydrogen) atoms. The Morgan fingerprint density at radius 2 is 0.867 bits per heavy atom. The molecular formula is C28H24S2. The van der Waals surface area contributed by atoms with E-state index in [4.69, 9.17) is 0 Å². The lowest BCUT2D eigenvalue weighted by atomic mass is 10.0. The van der Waals surface area contributed by atoms with Crippen LogP contribution in [0.4, 0.5) is 0 Å². The highest BCUT2D eigenvalue weighted by Gasteiger charge is 2.07. The van der Waals surface area contributed by atoms with Crippen LogP contribution in [0.15, 0.2) is 84.9 Å². The van der Waals surface area contributed by atoms with Gasteiger partial charge in [0.25, 0.3) is 0 Å². The Kier molecular flexibility index (Phi) is 5.96. The standard InChI is InChI=1S/C28H24S2/c1-2-4-28-26-16-15-25(27(28)3-1)19-29-17-23-11-7-21(8-12-23)5-6-22-9-13-24(14-10-22)18-30-20-26/h1-16H,17-20H2. The van der Waals surface area contributed by atoms with E-state index < -0.39 is 0 Å². The number of thioether (sulfide) groups is 2. The van der Waals surface area contributed by atoms with Crippen LogP contribution in [0.3, 0.4) is 0 Å². The lowest BCUT2D eigenvalue weighted by Crippen LogP contribution is -1.91. The lowest BCUT2D eigenvalue weighted by Gasteiger charge is -2.12. The van der Waals surface area contributed by atoms with Gasteiger partial charge in [-0.2, -0.15) is 23.5 Å². The SMILES string of the molecule is C1=Cc2ccc(cc2)CSCc2ccc(c3ccccc23)CSCc2ccc1cc2. The Balaban J connectivity index is 1.49. The summed E-state index contributed by atoms with van der Waals surface area (Å²) in [5.74, 6) is 4.16. The average molecular weight is 425 g/mol. The maximum atomic E-state index is 2.34. The van der Waals surface area contributed by atoms with Crippen LogP contribution in [0.2, 0.25) is 0 Å². The predicted octanol–water partition coefficient (Wildman–Crippen LogP) is 8.19. The molecule has 0 unspecified atom stereocenters. The molecule has 4 aliphatic rings. The lowest BCUT2D eigenvalue weighted by molar-refractivity contribution is 1.35. The molecule has 4 aromatic carbocycles. The molecule has 8 rings (SSSR count). The maximum Gasteiger partial charge on any atom is 0.0194 e. The summed E-state index contributed by atoms with van der Waals surface area (Å²) in [7, 11) is 0. The van der Waals surface area contributed by atoms with Crippen LogP contribution < -0.4 is 0 Å². The summed E-state index contributed by atoms with van der Waals surface area (Å²) in [5.41, 5.74) is 8.14. The molecule has 0 saturated heterocycles. The third-order valence-electron chi connectivity index (χ3n) is 5.58. The molecule has 4 aliphatic heterocycles. The van der Waals surface area contributed by atoms with E-state index in [0.29, 0.717) is 0 Å². The van der Waals surface area contributed by atoms with Crippen LogP contribution in [-0.4, -0.2) is 0 Å². The van der Waals surface area contributed by atoms with Gasteiger partial charge in [0, 0.05) is 23.0 Å². The summed E-state index contributed by atoms with van der Waals surface area (Å²) in [5, 5.41) is 2.81. The van der Waals surface area contributed by atoms with Crippen molar-refractivity contribution in [1.82, 2.24) is 0 Å². The van der Waals surface area contributed by atoms with Gasteiger partial charge in [-0.15, -0.1) is 0 Å². The van der Waals surface area contributed by atoms with Gasteiger partial charge in [0.1, 0.15) is 0 Å². The van der Waals surface area contributed by atoms with Crippen molar-refractivity contribution in [2.75, 3.05) is 0 Å². The van der Waals surface area contributed by atoms with E-state index in [2.05, 4.69) is 97.1 Å². The molecule has 0 fully saturated rings. The van der Waals surface area contributed by atoms with Crippen LogP contribution in [-0.2, 0) is 23.0 Å². The molecular weight excluding hydrogens is 400 g/mol. The molecule has 148 valence electrons. The maximum absolute atomic E-state index is 2.34. The van der Waals surface area contributed by atoms with Gasteiger partial charge in [-0.25, -0.2) is 0 Å². The zero-order valence-corrected chi connectivity index (χ0v) is 18.5. The second kappa shape index (κ2) is 9.16. The zero-order chi connectivity index (χ0) is 20.2. The molecule has 0 saturated carbocycles. The fraction of sp³-hybridized carbons (Fsp3) is 0.143. The Labute approximate surface area is 187 Å². The van der Waals surface area contributed by atoms with Crippen molar-refractivity contribution >= 4 is 46.4 Å². The number of hydrogen-bond acceptors (Lipinski definition) is 2. The topological polar surface area (TPSA) is 0 Å². The molecule has 4 aromatic rings. The molecule has 4 heterocycles. The number of fused-ring (bicyclic) bond motifs is 2. The third-order valence-corrected chi connectivity index (χ3v) is 7.69. The van der Waals surface area contributed by atoms with Crippen molar-refractivity contribution in [3.8, 4) is 0 Å². The monoisotopic (exact) mass is 424 g/mol. The van der Waals surface area contributed by atoms with Crippen molar-refractivity contribution in [3.05, 3.63) is 118 Å². The van der Waals surface area contributed by atoms with Crippen LogP contribution in [0.5, 0.6) is 0 Å². The minimum absolute atomic E-state index is 1.04. The summed E-state index contributed by atoms with van der Waals surface area (Å²) in [6.07, 6.45) is 4.40. The third kappa shape index (κ3) is 4.50. The van der Waals surface area contributed by atoms with Gasteiger partial charge in [0.2, 0.25) is 0 Å². The van der Waals surface area contributed by atoms with E-state index in [1.54, 1.807) is 0 Å². The molecule has 0 aliphatic carbocycles. The van der Waals surface area contributed by atoms with Crippen molar-refractivity contribution < 1.29 is 0 Å². The summed E-state index contributed by atoms with van der Waals surface area (Å²) in [6.45, 7) is 0. The first-order chi connectivity index (χ1) is 14.8. The fourth-order valence-electron chi connectivity index (χ4n) is 3.88. The summed E-state index contributed by atoms with van der Waals surface area (Å²) in [4.78, 5) is 0. The summed E-state index contributed by atoms with van der Waals surface area (Å²) < 4.78 is 0. The van der Waals surface area contributed by atoms with Gasteiger partial charge in [-0.3, -0.25) is 0 Å². The highest BCUT2D eigenvalue weighted by molar-refractivity contribution is 7.98. The van der Waals surface area contributed by atoms with Crippen LogP contribution in [0.1, 0.15) is 33.4 Å². The van der Waals surface area contributed by atoms with Crippen molar-refractivity contribution in [3.63, 3.8) is 0 Å². The van der Waals surface area contributed by atoms with Crippen LogP contribution >= 0.6 is 23.5 Å². The predicted molar refractivity (Wildman–Crippen MR) is 136 cm³/mol. The molecule has 0 N–H and O–H groups in total.